The zero-order chi connectivity index (χ0) is 15.4. The molecule has 0 radical (unpaired) electrons. The van der Waals surface area contributed by atoms with Crippen LogP contribution >= 0.6 is 0 Å². The number of aryl methyl sites for hydroxylation is 1. The molecule has 3 heteroatoms. The molecule has 0 amide bonds. The Hall–Kier alpha value is -0.830. The second kappa shape index (κ2) is 7.44. The van der Waals surface area contributed by atoms with Crippen LogP contribution in [0.15, 0.2) is 0 Å². The molecule has 1 saturated carbocycles. The van der Waals surface area contributed by atoms with Crippen LogP contribution in [0, 0.1) is 19.8 Å². The highest BCUT2D eigenvalue weighted by Gasteiger charge is 2.24. The molecule has 0 aliphatic heterocycles. The summed E-state index contributed by atoms with van der Waals surface area (Å²) in [7, 11) is 0. The normalized spacial score (nSPS) is 23.0. The van der Waals surface area contributed by atoms with E-state index in [-0.39, 0.29) is 0 Å². The zero-order valence-electron chi connectivity index (χ0n) is 14.6. The summed E-state index contributed by atoms with van der Waals surface area (Å²) in [6.07, 6.45) is 7.82. The summed E-state index contributed by atoms with van der Waals surface area (Å²) < 4.78 is 2.34. The van der Waals surface area contributed by atoms with E-state index in [0.29, 0.717) is 12.1 Å². The zero-order valence-corrected chi connectivity index (χ0v) is 14.6. The van der Waals surface area contributed by atoms with Gasteiger partial charge < -0.3 is 5.32 Å². The Morgan fingerprint density at radius 1 is 1.19 bits per heavy atom. The van der Waals surface area contributed by atoms with Crippen molar-refractivity contribution >= 4 is 0 Å². The van der Waals surface area contributed by atoms with Crippen molar-refractivity contribution in [2.75, 3.05) is 6.54 Å². The molecule has 0 spiro atoms. The molecule has 0 atom stereocenters. The van der Waals surface area contributed by atoms with Gasteiger partial charge in [0.15, 0.2) is 0 Å². The van der Waals surface area contributed by atoms with Crippen LogP contribution in [0.2, 0.25) is 0 Å². The van der Waals surface area contributed by atoms with Crippen molar-refractivity contribution in [1.82, 2.24) is 15.1 Å². The fraction of sp³-hybridized carbons (Fsp3) is 0.833. The van der Waals surface area contributed by atoms with Crippen LogP contribution in [0.25, 0.3) is 0 Å². The van der Waals surface area contributed by atoms with Gasteiger partial charge in [0.1, 0.15) is 0 Å². The molecule has 1 aromatic heterocycles. The molecule has 2 rings (SSSR count). The predicted molar refractivity (Wildman–Crippen MR) is 89.8 cm³/mol. The first-order valence-corrected chi connectivity index (χ1v) is 8.80. The van der Waals surface area contributed by atoms with Crippen LogP contribution in [0.3, 0.4) is 0 Å². The van der Waals surface area contributed by atoms with Crippen LogP contribution in [-0.4, -0.2) is 22.4 Å². The fourth-order valence-corrected chi connectivity index (χ4v) is 3.70. The van der Waals surface area contributed by atoms with Gasteiger partial charge in [0.25, 0.3) is 0 Å². The minimum Gasteiger partial charge on any atom is -0.314 e. The molecular weight excluding hydrogens is 258 g/mol. The smallest absolute Gasteiger partial charge is 0.0629 e. The van der Waals surface area contributed by atoms with Gasteiger partial charge in [-0.2, -0.15) is 5.10 Å². The topological polar surface area (TPSA) is 29.9 Å². The highest BCUT2D eigenvalue weighted by Crippen LogP contribution is 2.34. The second-order valence-electron chi connectivity index (χ2n) is 7.04. The summed E-state index contributed by atoms with van der Waals surface area (Å²) in [4.78, 5) is 0. The molecule has 0 aromatic carbocycles. The van der Waals surface area contributed by atoms with E-state index in [1.165, 1.54) is 49.1 Å². The number of rotatable bonds is 6. The summed E-state index contributed by atoms with van der Waals surface area (Å²) in [5, 5.41) is 8.38. The second-order valence-corrected chi connectivity index (χ2v) is 7.04. The molecule has 1 aliphatic rings. The Morgan fingerprint density at radius 3 is 2.43 bits per heavy atom. The SMILES string of the molecule is CCC1CCC(n2nc(C)c(CCNC(C)C)c2C)CC1. The average molecular weight is 291 g/mol. The first kappa shape index (κ1) is 16.5. The molecule has 1 aliphatic carbocycles. The number of hydrogen-bond donors (Lipinski definition) is 1. The monoisotopic (exact) mass is 291 g/mol. The predicted octanol–water partition coefficient (Wildman–Crippen LogP) is 4.18. The maximum absolute atomic E-state index is 4.87. The third-order valence-corrected chi connectivity index (χ3v) is 5.14. The van der Waals surface area contributed by atoms with Crippen LogP contribution in [-0.2, 0) is 6.42 Å². The molecule has 0 saturated heterocycles. The quantitative estimate of drug-likeness (QED) is 0.852. The van der Waals surface area contributed by atoms with E-state index < -0.39 is 0 Å². The molecule has 1 heterocycles. The van der Waals surface area contributed by atoms with Crippen molar-refractivity contribution in [2.24, 2.45) is 5.92 Å². The number of hydrogen-bond acceptors (Lipinski definition) is 2. The minimum absolute atomic E-state index is 0.560. The Kier molecular flexibility index (Phi) is 5.86. The van der Waals surface area contributed by atoms with Gasteiger partial charge in [-0.15, -0.1) is 0 Å². The van der Waals surface area contributed by atoms with Gasteiger partial charge in [-0.3, -0.25) is 4.68 Å². The molecule has 3 nitrogen and oxygen atoms in total. The van der Waals surface area contributed by atoms with Crippen LogP contribution < -0.4 is 5.32 Å². The summed E-state index contributed by atoms with van der Waals surface area (Å²) in [5.41, 5.74) is 4.09. The van der Waals surface area contributed by atoms with Crippen LogP contribution in [0.4, 0.5) is 0 Å². The number of nitrogens with zero attached hydrogens (tertiary/aromatic N) is 2. The maximum Gasteiger partial charge on any atom is 0.0629 e. The summed E-state index contributed by atoms with van der Waals surface area (Å²) in [5.74, 6) is 0.952. The van der Waals surface area contributed by atoms with Crippen molar-refractivity contribution in [3.8, 4) is 0 Å². The highest BCUT2D eigenvalue weighted by atomic mass is 15.3. The van der Waals surface area contributed by atoms with Crippen molar-refractivity contribution in [3.63, 3.8) is 0 Å². The van der Waals surface area contributed by atoms with Gasteiger partial charge >= 0.3 is 0 Å². The van der Waals surface area contributed by atoms with Crippen molar-refractivity contribution < 1.29 is 0 Å². The van der Waals surface area contributed by atoms with Gasteiger partial charge in [0.2, 0.25) is 0 Å². The molecule has 1 fully saturated rings. The largest absolute Gasteiger partial charge is 0.314 e. The Labute approximate surface area is 130 Å². The molecule has 1 N–H and O–H groups in total. The standard InChI is InChI=1S/C18H33N3/c1-6-16-7-9-17(10-8-16)21-15(5)18(14(4)20-21)11-12-19-13(2)3/h13,16-17,19H,6-12H2,1-5H3. The average Bonchev–Trinajstić information content (AvgIpc) is 2.75. The van der Waals surface area contributed by atoms with Gasteiger partial charge in [-0.05, 0) is 64.0 Å². The third-order valence-electron chi connectivity index (χ3n) is 5.14. The molecule has 21 heavy (non-hydrogen) atoms. The van der Waals surface area contributed by atoms with E-state index in [0.717, 1.165) is 18.9 Å². The Bertz CT molecular complexity index is 440. The summed E-state index contributed by atoms with van der Waals surface area (Å²) >= 11 is 0. The molecule has 0 bridgehead atoms. The van der Waals surface area contributed by atoms with E-state index in [1.807, 2.05) is 0 Å². The van der Waals surface area contributed by atoms with E-state index in [2.05, 4.69) is 44.6 Å². The van der Waals surface area contributed by atoms with Gasteiger partial charge in [0.05, 0.1) is 11.7 Å². The van der Waals surface area contributed by atoms with Crippen molar-refractivity contribution in [2.45, 2.75) is 85.2 Å². The van der Waals surface area contributed by atoms with Crippen LogP contribution in [0.1, 0.15) is 75.9 Å². The highest BCUT2D eigenvalue weighted by molar-refractivity contribution is 5.25. The first-order chi connectivity index (χ1) is 10.0. The number of aromatic nitrogens is 2. The molecule has 0 unspecified atom stereocenters. The van der Waals surface area contributed by atoms with E-state index in [1.54, 1.807) is 0 Å². The summed E-state index contributed by atoms with van der Waals surface area (Å²) in [6, 6.07) is 1.20. The van der Waals surface area contributed by atoms with Crippen LogP contribution in [0.5, 0.6) is 0 Å². The maximum atomic E-state index is 4.87. The Morgan fingerprint density at radius 2 is 1.86 bits per heavy atom. The molecular formula is C18H33N3. The minimum atomic E-state index is 0.560. The lowest BCUT2D eigenvalue weighted by atomic mass is 9.84. The van der Waals surface area contributed by atoms with Crippen molar-refractivity contribution in [1.29, 1.82) is 0 Å². The lowest BCUT2D eigenvalue weighted by Crippen LogP contribution is -2.25. The molecule has 120 valence electrons. The Balaban J connectivity index is 2.01. The van der Waals surface area contributed by atoms with Gasteiger partial charge in [-0.25, -0.2) is 0 Å². The van der Waals surface area contributed by atoms with Gasteiger partial charge in [-0.1, -0.05) is 27.2 Å². The van der Waals surface area contributed by atoms with E-state index in [4.69, 9.17) is 5.10 Å². The van der Waals surface area contributed by atoms with Crippen molar-refractivity contribution in [3.05, 3.63) is 17.0 Å². The van der Waals surface area contributed by atoms with E-state index >= 15 is 0 Å². The van der Waals surface area contributed by atoms with Gasteiger partial charge in [0, 0.05) is 11.7 Å². The fourth-order valence-electron chi connectivity index (χ4n) is 3.70. The number of nitrogens with one attached hydrogen (secondary N) is 1. The summed E-state index contributed by atoms with van der Waals surface area (Å²) in [6.45, 7) is 12.2. The van der Waals surface area contributed by atoms with E-state index in [9.17, 15) is 0 Å². The molecule has 1 aromatic rings. The lowest BCUT2D eigenvalue weighted by Gasteiger charge is -2.28. The lowest BCUT2D eigenvalue weighted by molar-refractivity contribution is 0.253. The first-order valence-electron chi connectivity index (χ1n) is 8.80. The third kappa shape index (κ3) is 4.09.